The molecule has 0 aromatic carbocycles. The molecule has 1 amide bonds. The summed E-state index contributed by atoms with van der Waals surface area (Å²) < 4.78 is 1.70. The van der Waals surface area contributed by atoms with Crippen molar-refractivity contribution in [1.82, 2.24) is 14.9 Å². The third-order valence-electron chi connectivity index (χ3n) is 3.82. The zero-order valence-corrected chi connectivity index (χ0v) is 10.7. The van der Waals surface area contributed by atoms with E-state index in [1.165, 1.54) is 0 Å². The minimum atomic E-state index is -0.0616. The average Bonchev–Trinajstić information content (AvgIpc) is 2.89. The number of nitrogens with one attached hydrogen (secondary N) is 1. The summed E-state index contributed by atoms with van der Waals surface area (Å²) in [5.41, 5.74) is 7.54. The molecule has 3 rings (SSSR count). The molecule has 0 spiro atoms. The molecule has 2 heterocycles. The molecule has 0 bridgehead atoms. The lowest BCUT2D eigenvalue weighted by Gasteiger charge is -2.29. The molecule has 3 N–H and O–H groups in total. The van der Waals surface area contributed by atoms with Crippen LogP contribution in [0.5, 0.6) is 0 Å². The number of aromatic nitrogens is 2. The van der Waals surface area contributed by atoms with Crippen LogP contribution in [0.25, 0.3) is 5.52 Å². The molecule has 0 aliphatic heterocycles. The van der Waals surface area contributed by atoms with Crippen molar-refractivity contribution in [3.8, 4) is 0 Å². The first-order chi connectivity index (χ1) is 9.25. The molecule has 1 saturated carbocycles. The van der Waals surface area contributed by atoms with E-state index in [4.69, 9.17) is 5.73 Å². The molecule has 1 aliphatic carbocycles. The van der Waals surface area contributed by atoms with Gasteiger partial charge in [0.05, 0.1) is 17.3 Å². The van der Waals surface area contributed by atoms with Crippen LogP contribution in [0.1, 0.15) is 36.0 Å². The van der Waals surface area contributed by atoms with Crippen LogP contribution in [-0.4, -0.2) is 27.6 Å². The summed E-state index contributed by atoms with van der Waals surface area (Å²) in [7, 11) is 0. The Morgan fingerprint density at radius 3 is 3.05 bits per heavy atom. The Hall–Kier alpha value is -1.88. The van der Waals surface area contributed by atoms with Gasteiger partial charge in [-0.1, -0.05) is 12.8 Å². The summed E-state index contributed by atoms with van der Waals surface area (Å²) in [6.45, 7) is 0. The second kappa shape index (κ2) is 5.01. The fourth-order valence-corrected chi connectivity index (χ4v) is 2.73. The van der Waals surface area contributed by atoms with Crippen molar-refractivity contribution < 1.29 is 4.79 Å². The molecule has 0 unspecified atom stereocenters. The molecule has 2 atom stereocenters. The first-order valence-electron chi connectivity index (χ1n) is 6.74. The van der Waals surface area contributed by atoms with Crippen LogP contribution in [0.2, 0.25) is 0 Å². The second-order valence-electron chi connectivity index (χ2n) is 5.11. The van der Waals surface area contributed by atoms with Crippen LogP contribution in [0.15, 0.2) is 30.6 Å². The van der Waals surface area contributed by atoms with Crippen molar-refractivity contribution >= 4 is 11.4 Å². The lowest BCUT2D eigenvalue weighted by Crippen LogP contribution is -2.49. The van der Waals surface area contributed by atoms with Gasteiger partial charge in [-0.3, -0.25) is 4.79 Å². The Morgan fingerprint density at radius 2 is 2.21 bits per heavy atom. The van der Waals surface area contributed by atoms with Gasteiger partial charge in [0.25, 0.3) is 5.91 Å². The molecule has 0 saturated heterocycles. The number of pyridine rings is 1. The van der Waals surface area contributed by atoms with Gasteiger partial charge in [-0.25, -0.2) is 4.52 Å². The van der Waals surface area contributed by atoms with E-state index in [1.54, 1.807) is 10.7 Å². The molecule has 0 radical (unpaired) electrons. The Labute approximate surface area is 111 Å². The third kappa shape index (κ3) is 2.33. The van der Waals surface area contributed by atoms with E-state index < -0.39 is 0 Å². The highest BCUT2D eigenvalue weighted by atomic mass is 16.1. The van der Waals surface area contributed by atoms with Crippen LogP contribution in [0, 0.1) is 0 Å². The van der Waals surface area contributed by atoms with Crippen LogP contribution < -0.4 is 11.1 Å². The molecule has 1 fully saturated rings. The highest BCUT2D eigenvalue weighted by Gasteiger charge is 2.24. The number of nitrogens with two attached hydrogens (primary N) is 1. The Kier molecular flexibility index (Phi) is 3.21. The molecule has 2 aromatic rings. The van der Waals surface area contributed by atoms with Gasteiger partial charge in [0.1, 0.15) is 0 Å². The molecular weight excluding hydrogens is 240 g/mol. The molecule has 5 nitrogen and oxygen atoms in total. The smallest absolute Gasteiger partial charge is 0.253 e. The minimum absolute atomic E-state index is 0.0616. The zero-order chi connectivity index (χ0) is 13.2. The highest BCUT2D eigenvalue weighted by Crippen LogP contribution is 2.18. The maximum absolute atomic E-state index is 12.4. The molecule has 1 aliphatic rings. The largest absolute Gasteiger partial charge is 0.348 e. The number of hydrogen-bond acceptors (Lipinski definition) is 3. The van der Waals surface area contributed by atoms with E-state index in [1.807, 2.05) is 24.4 Å². The van der Waals surface area contributed by atoms with Crippen LogP contribution in [0.4, 0.5) is 0 Å². The van der Waals surface area contributed by atoms with Gasteiger partial charge in [0, 0.05) is 18.3 Å². The van der Waals surface area contributed by atoms with Gasteiger partial charge in [0.15, 0.2) is 0 Å². The normalized spacial score (nSPS) is 23.4. The predicted octanol–water partition coefficient (Wildman–Crippen LogP) is 1.33. The van der Waals surface area contributed by atoms with Crippen molar-refractivity contribution in [3.63, 3.8) is 0 Å². The van der Waals surface area contributed by atoms with Gasteiger partial charge in [-0.05, 0) is 31.0 Å². The van der Waals surface area contributed by atoms with Crippen molar-refractivity contribution in [2.24, 2.45) is 5.73 Å². The quantitative estimate of drug-likeness (QED) is 0.853. The minimum Gasteiger partial charge on any atom is -0.348 e. The number of rotatable bonds is 2. The van der Waals surface area contributed by atoms with E-state index in [9.17, 15) is 4.79 Å². The lowest BCUT2D eigenvalue weighted by molar-refractivity contribution is 0.0922. The first kappa shape index (κ1) is 12.2. The standard InChI is InChI=1S/C14H18N4O/c15-11-5-1-2-6-12(11)17-14(19)10-4-3-9-18-13(10)7-8-16-18/h3-4,7-9,11-12H,1-2,5-6,15H2,(H,17,19)/t11-,12+/m1/s1. The van der Waals surface area contributed by atoms with E-state index in [0.717, 1.165) is 31.2 Å². The van der Waals surface area contributed by atoms with E-state index in [2.05, 4.69) is 10.4 Å². The maximum atomic E-state index is 12.4. The molecule has 19 heavy (non-hydrogen) atoms. The Balaban J connectivity index is 1.82. The zero-order valence-electron chi connectivity index (χ0n) is 10.7. The number of hydrogen-bond donors (Lipinski definition) is 2. The molecule has 2 aromatic heterocycles. The van der Waals surface area contributed by atoms with E-state index >= 15 is 0 Å². The summed E-state index contributed by atoms with van der Waals surface area (Å²) >= 11 is 0. The second-order valence-corrected chi connectivity index (χ2v) is 5.11. The van der Waals surface area contributed by atoms with Gasteiger partial charge < -0.3 is 11.1 Å². The van der Waals surface area contributed by atoms with Crippen LogP contribution >= 0.6 is 0 Å². The molecule has 5 heteroatoms. The Morgan fingerprint density at radius 1 is 1.37 bits per heavy atom. The number of amides is 1. The predicted molar refractivity (Wildman–Crippen MR) is 72.9 cm³/mol. The molecular formula is C14H18N4O. The van der Waals surface area contributed by atoms with Crippen molar-refractivity contribution in [3.05, 3.63) is 36.2 Å². The number of fused-ring (bicyclic) bond motifs is 1. The lowest BCUT2D eigenvalue weighted by atomic mass is 9.91. The highest BCUT2D eigenvalue weighted by molar-refractivity contribution is 6.00. The topological polar surface area (TPSA) is 72.4 Å². The molecule has 100 valence electrons. The monoisotopic (exact) mass is 258 g/mol. The van der Waals surface area contributed by atoms with Crippen molar-refractivity contribution in [2.45, 2.75) is 37.8 Å². The summed E-state index contributed by atoms with van der Waals surface area (Å²) in [5.74, 6) is -0.0616. The maximum Gasteiger partial charge on any atom is 0.253 e. The summed E-state index contributed by atoms with van der Waals surface area (Å²) in [6.07, 6.45) is 7.77. The number of nitrogens with zero attached hydrogens (tertiary/aromatic N) is 2. The van der Waals surface area contributed by atoms with E-state index in [0.29, 0.717) is 5.56 Å². The first-order valence-corrected chi connectivity index (χ1v) is 6.74. The number of carbonyl (C=O) groups is 1. The van der Waals surface area contributed by atoms with Crippen molar-refractivity contribution in [1.29, 1.82) is 0 Å². The van der Waals surface area contributed by atoms with Gasteiger partial charge in [-0.15, -0.1) is 0 Å². The number of carbonyl (C=O) groups excluding carboxylic acids is 1. The SMILES string of the molecule is N[C@@H]1CCCC[C@@H]1NC(=O)c1cccn2nccc12. The third-order valence-corrected chi connectivity index (χ3v) is 3.82. The van der Waals surface area contributed by atoms with Gasteiger partial charge in [-0.2, -0.15) is 5.10 Å². The Bertz CT molecular complexity index is 592. The summed E-state index contributed by atoms with van der Waals surface area (Å²) in [6, 6.07) is 5.65. The van der Waals surface area contributed by atoms with Crippen LogP contribution in [-0.2, 0) is 0 Å². The fraction of sp³-hybridized carbons (Fsp3) is 0.429. The average molecular weight is 258 g/mol. The van der Waals surface area contributed by atoms with Crippen LogP contribution in [0.3, 0.4) is 0 Å². The summed E-state index contributed by atoms with van der Waals surface area (Å²) in [5, 5.41) is 7.20. The van der Waals surface area contributed by atoms with Gasteiger partial charge >= 0.3 is 0 Å². The fourth-order valence-electron chi connectivity index (χ4n) is 2.73. The van der Waals surface area contributed by atoms with E-state index in [-0.39, 0.29) is 18.0 Å². The summed E-state index contributed by atoms with van der Waals surface area (Å²) in [4.78, 5) is 12.4. The van der Waals surface area contributed by atoms with Crippen molar-refractivity contribution in [2.75, 3.05) is 0 Å². The van der Waals surface area contributed by atoms with Gasteiger partial charge in [0.2, 0.25) is 0 Å².